The van der Waals surface area contributed by atoms with Crippen LogP contribution in [0.2, 0.25) is 0 Å². The summed E-state index contributed by atoms with van der Waals surface area (Å²) in [6, 6.07) is 15.9. The van der Waals surface area contributed by atoms with Crippen molar-refractivity contribution in [2.45, 2.75) is 57.2 Å². The molecule has 6 nitrogen and oxygen atoms in total. The highest BCUT2D eigenvalue weighted by Gasteiger charge is 2.31. The smallest absolute Gasteiger partial charge is 0.139 e. The molecule has 0 saturated carbocycles. The zero-order valence-corrected chi connectivity index (χ0v) is 19.4. The second kappa shape index (κ2) is 9.53. The van der Waals surface area contributed by atoms with Crippen LogP contribution in [0.25, 0.3) is 11.0 Å². The van der Waals surface area contributed by atoms with Crippen LogP contribution in [0.5, 0.6) is 0 Å². The van der Waals surface area contributed by atoms with Gasteiger partial charge in [-0.25, -0.2) is 4.63 Å². The van der Waals surface area contributed by atoms with Gasteiger partial charge in [0.2, 0.25) is 0 Å². The topological polar surface area (TPSA) is 54.6 Å². The number of ether oxygens (including phenoxy) is 1. The molecule has 1 atom stereocenters. The molecule has 0 spiro atoms. The summed E-state index contributed by atoms with van der Waals surface area (Å²) in [5.41, 5.74) is 6.06. The van der Waals surface area contributed by atoms with Gasteiger partial charge < -0.3 is 4.74 Å². The number of benzene rings is 2. The maximum atomic E-state index is 6.00. The number of likely N-dealkylation sites (tertiary alicyclic amines) is 1. The van der Waals surface area contributed by atoms with Crippen molar-refractivity contribution >= 4 is 11.0 Å². The van der Waals surface area contributed by atoms with Crippen LogP contribution in [-0.4, -0.2) is 65.0 Å². The summed E-state index contributed by atoms with van der Waals surface area (Å²) in [5.74, 6) is 0.737. The fraction of sp³-hybridized carbons (Fsp3) is 0.556. The van der Waals surface area contributed by atoms with Gasteiger partial charge in [-0.15, -0.1) is 0 Å². The van der Waals surface area contributed by atoms with E-state index in [0.717, 1.165) is 43.2 Å². The molecule has 0 unspecified atom stereocenters. The Labute approximate surface area is 195 Å². The van der Waals surface area contributed by atoms with Crippen LogP contribution in [0, 0.1) is 5.92 Å². The van der Waals surface area contributed by atoms with Gasteiger partial charge in [0.1, 0.15) is 11.0 Å². The lowest BCUT2D eigenvalue weighted by atomic mass is 9.94. The Balaban J connectivity index is 1.09. The molecular formula is C27H34N4O2. The van der Waals surface area contributed by atoms with Gasteiger partial charge in [0.25, 0.3) is 0 Å². The fourth-order valence-corrected chi connectivity index (χ4v) is 6.17. The molecule has 0 bridgehead atoms. The number of rotatable bonds is 7. The van der Waals surface area contributed by atoms with Crippen LogP contribution in [0.1, 0.15) is 42.4 Å². The van der Waals surface area contributed by atoms with Gasteiger partial charge in [-0.2, -0.15) is 0 Å². The van der Waals surface area contributed by atoms with E-state index in [-0.39, 0.29) is 0 Å². The fourth-order valence-electron chi connectivity index (χ4n) is 6.17. The third-order valence-corrected chi connectivity index (χ3v) is 7.96. The van der Waals surface area contributed by atoms with Crippen LogP contribution >= 0.6 is 0 Å². The second-order valence-corrected chi connectivity index (χ2v) is 10.2. The average Bonchev–Trinajstić information content (AvgIpc) is 3.60. The molecule has 0 N–H and O–H groups in total. The first-order chi connectivity index (χ1) is 16.3. The van der Waals surface area contributed by atoms with Crippen LogP contribution in [0.15, 0.2) is 47.1 Å². The highest BCUT2D eigenvalue weighted by Crippen LogP contribution is 2.29. The van der Waals surface area contributed by atoms with Gasteiger partial charge in [-0.05, 0) is 90.6 Å². The lowest BCUT2D eigenvalue weighted by Gasteiger charge is -2.38. The lowest BCUT2D eigenvalue weighted by molar-refractivity contribution is 0.0543. The summed E-state index contributed by atoms with van der Waals surface area (Å²) in [6.07, 6.45) is 7.73. The van der Waals surface area contributed by atoms with Crippen molar-refractivity contribution < 1.29 is 9.37 Å². The first-order valence-electron chi connectivity index (χ1n) is 12.7. The lowest BCUT2D eigenvalue weighted by Crippen LogP contribution is -2.44. The summed E-state index contributed by atoms with van der Waals surface area (Å²) in [5, 5.41) is 8.20. The molecule has 6 heteroatoms. The molecule has 33 heavy (non-hydrogen) atoms. The maximum absolute atomic E-state index is 6.00. The predicted octanol–water partition coefficient (Wildman–Crippen LogP) is 4.08. The van der Waals surface area contributed by atoms with Crippen molar-refractivity contribution in [1.82, 2.24) is 20.1 Å². The monoisotopic (exact) mass is 446 g/mol. The van der Waals surface area contributed by atoms with Gasteiger partial charge in [0.15, 0.2) is 0 Å². The predicted molar refractivity (Wildman–Crippen MR) is 128 cm³/mol. The van der Waals surface area contributed by atoms with E-state index in [2.05, 4.69) is 56.5 Å². The Bertz CT molecular complexity index is 1040. The Morgan fingerprint density at radius 2 is 1.73 bits per heavy atom. The van der Waals surface area contributed by atoms with E-state index in [1.807, 2.05) is 6.07 Å². The zero-order chi connectivity index (χ0) is 22.0. The Morgan fingerprint density at radius 3 is 2.48 bits per heavy atom. The molecule has 2 aromatic carbocycles. The first-order valence-corrected chi connectivity index (χ1v) is 12.7. The number of hydrogen-bond donors (Lipinski definition) is 0. The van der Waals surface area contributed by atoms with E-state index in [1.54, 1.807) is 11.1 Å². The van der Waals surface area contributed by atoms with Gasteiger partial charge >= 0.3 is 0 Å². The second-order valence-electron chi connectivity index (χ2n) is 10.2. The van der Waals surface area contributed by atoms with E-state index in [1.165, 1.54) is 57.2 Å². The Hall–Kier alpha value is -2.28. The molecular weight excluding hydrogens is 412 g/mol. The third kappa shape index (κ3) is 4.70. The van der Waals surface area contributed by atoms with Crippen LogP contribution in [0.4, 0.5) is 0 Å². The minimum Gasteiger partial charge on any atom is -0.377 e. The van der Waals surface area contributed by atoms with Gasteiger partial charge in [0.05, 0.1) is 6.10 Å². The zero-order valence-electron chi connectivity index (χ0n) is 19.4. The SMILES string of the molecule is c1ccc2c(c1)CC(N1CCC(CN(Cc3cccc4nonc34)C[C@H]3CCCO3)CC1)C2. The van der Waals surface area contributed by atoms with Crippen molar-refractivity contribution in [1.29, 1.82) is 0 Å². The van der Waals surface area contributed by atoms with E-state index in [9.17, 15) is 0 Å². The molecule has 0 radical (unpaired) electrons. The molecule has 2 fully saturated rings. The van der Waals surface area contributed by atoms with E-state index >= 15 is 0 Å². The highest BCUT2D eigenvalue weighted by atomic mass is 16.6. The molecule has 6 rings (SSSR count). The molecule has 3 aromatic rings. The molecule has 2 saturated heterocycles. The van der Waals surface area contributed by atoms with Gasteiger partial charge in [-0.1, -0.05) is 36.4 Å². The minimum atomic E-state index is 0.358. The van der Waals surface area contributed by atoms with Crippen molar-refractivity contribution in [3.63, 3.8) is 0 Å². The van der Waals surface area contributed by atoms with Crippen LogP contribution in [0.3, 0.4) is 0 Å². The van der Waals surface area contributed by atoms with Gasteiger partial charge in [-0.3, -0.25) is 9.80 Å². The van der Waals surface area contributed by atoms with Crippen LogP contribution < -0.4 is 0 Å². The number of piperidine rings is 1. The largest absolute Gasteiger partial charge is 0.377 e. The van der Waals surface area contributed by atoms with Crippen molar-refractivity contribution in [3.05, 3.63) is 59.2 Å². The van der Waals surface area contributed by atoms with Crippen LogP contribution in [-0.2, 0) is 24.1 Å². The average molecular weight is 447 g/mol. The molecule has 2 aliphatic heterocycles. The molecule has 1 aromatic heterocycles. The van der Waals surface area contributed by atoms with Crippen molar-refractivity contribution in [2.24, 2.45) is 5.92 Å². The summed E-state index contributed by atoms with van der Waals surface area (Å²) in [6.45, 7) is 6.35. The van der Waals surface area contributed by atoms with E-state index < -0.39 is 0 Å². The summed E-state index contributed by atoms with van der Waals surface area (Å²) >= 11 is 0. The molecule has 174 valence electrons. The molecule has 3 heterocycles. The Kier molecular flexibility index (Phi) is 6.14. The maximum Gasteiger partial charge on any atom is 0.139 e. The number of aromatic nitrogens is 2. The quantitative estimate of drug-likeness (QED) is 0.545. The highest BCUT2D eigenvalue weighted by molar-refractivity contribution is 5.76. The summed E-state index contributed by atoms with van der Waals surface area (Å²) in [7, 11) is 0. The van der Waals surface area contributed by atoms with Gasteiger partial charge in [0, 0.05) is 32.3 Å². The van der Waals surface area contributed by atoms with E-state index in [0.29, 0.717) is 12.1 Å². The van der Waals surface area contributed by atoms with E-state index in [4.69, 9.17) is 9.37 Å². The van der Waals surface area contributed by atoms with Crippen molar-refractivity contribution in [2.75, 3.05) is 32.8 Å². The number of nitrogens with zero attached hydrogens (tertiary/aromatic N) is 4. The third-order valence-electron chi connectivity index (χ3n) is 7.96. The number of hydrogen-bond acceptors (Lipinski definition) is 6. The standard InChI is InChI=1S/C27H34N4O2/c1-2-6-22-16-24(15-21(22)5-1)31-12-10-20(11-13-31)17-30(19-25-8-4-14-32-25)18-23-7-3-9-26-27(23)29-33-28-26/h1-3,5-7,9,20,24-25H,4,8,10-19H2/t25-/m1/s1. The molecule has 1 aliphatic carbocycles. The summed E-state index contributed by atoms with van der Waals surface area (Å²) < 4.78 is 11.0. The summed E-state index contributed by atoms with van der Waals surface area (Å²) in [4.78, 5) is 5.36. The molecule has 3 aliphatic rings. The number of fused-ring (bicyclic) bond motifs is 2. The minimum absolute atomic E-state index is 0.358. The Morgan fingerprint density at radius 1 is 0.909 bits per heavy atom. The normalized spacial score (nSPS) is 22.5. The first kappa shape index (κ1) is 21.3. The molecule has 0 amide bonds. The van der Waals surface area contributed by atoms with Crippen molar-refractivity contribution in [3.8, 4) is 0 Å².